The Hall–Kier alpha value is -2.17. The van der Waals surface area contributed by atoms with E-state index in [0.717, 1.165) is 16.6 Å². The van der Waals surface area contributed by atoms with Gasteiger partial charge in [0.2, 0.25) is 0 Å². The number of rotatable bonds is 2. The van der Waals surface area contributed by atoms with Gasteiger partial charge in [0.05, 0.1) is 0 Å². The van der Waals surface area contributed by atoms with Crippen LogP contribution in [0.1, 0.15) is 15.9 Å². The van der Waals surface area contributed by atoms with Crippen molar-refractivity contribution in [3.63, 3.8) is 0 Å². The fourth-order valence-corrected chi connectivity index (χ4v) is 3.04. The molecule has 0 bridgehead atoms. The molecule has 0 aliphatic heterocycles. The number of amides is 1. The molecule has 0 fully saturated rings. The van der Waals surface area contributed by atoms with Crippen molar-refractivity contribution in [1.29, 1.82) is 0 Å². The van der Waals surface area contributed by atoms with E-state index >= 15 is 0 Å². The zero-order valence-corrected chi connectivity index (χ0v) is 12.5. The second-order valence-electron chi connectivity index (χ2n) is 4.46. The molecular weight excluding hydrogens is 319 g/mol. The average Bonchev–Trinajstić information content (AvgIpc) is 2.91. The second kappa shape index (κ2) is 5.07. The summed E-state index contributed by atoms with van der Waals surface area (Å²) in [5.74, 6) is -0.195. The summed E-state index contributed by atoms with van der Waals surface area (Å²) >= 11 is -0.114. The minimum absolute atomic E-state index is 0.114. The van der Waals surface area contributed by atoms with Gasteiger partial charge in [-0.25, -0.2) is 0 Å². The Morgan fingerprint density at radius 3 is 2.90 bits per heavy atom. The van der Waals surface area contributed by atoms with Gasteiger partial charge < -0.3 is 0 Å². The van der Waals surface area contributed by atoms with E-state index in [1.165, 1.54) is 0 Å². The van der Waals surface area contributed by atoms with Gasteiger partial charge in [-0.1, -0.05) is 0 Å². The summed E-state index contributed by atoms with van der Waals surface area (Å²) in [7, 11) is 0. The van der Waals surface area contributed by atoms with Crippen LogP contribution < -0.4 is 11.1 Å². The van der Waals surface area contributed by atoms with Gasteiger partial charge in [0, 0.05) is 0 Å². The summed E-state index contributed by atoms with van der Waals surface area (Å²) in [6.07, 6.45) is 0. The van der Waals surface area contributed by atoms with Crippen molar-refractivity contribution in [3.05, 3.63) is 47.5 Å². The van der Waals surface area contributed by atoms with Crippen molar-refractivity contribution in [2.45, 2.75) is 6.92 Å². The second-order valence-corrected chi connectivity index (χ2v) is 5.57. The van der Waals surface area contributed by atoms with Crippen LogP contribution in [0, 0.1) is 6.92 Å². The zero-order chi connectivity index (χ0) is 14.1. The number of aryl methyl sites for hydroxylation is 1. The van der Waals surface area contributed by atoms with Gasteiger partial charge in [0.25, 0.3) is 0 Å². The Morgan fingerprint density at radius 1 is 1.25 bits per heavy atom. The molecule has 3 N–H and O–H groups in total. The molecule has 3 aromatic rings. The molecule has 0 saturated carbocycles. The van der Waals surface area contributed by atoms with Crippen LogP contribution in [0.4, 0.5) is 11.4 Å². The monoisotopic (exact) mass is 332 g/mol. The number of nitrogen functional groups attached to an aromatic ring is 1. The van der Waals surface area contributed by atoms with Crippen LogP contribution in [0.25, 0.3) is 11.0 Å². The number of benzene rings is 2. The van der Waals surface area contributed by atoms with Crippen LogP contribution in [0.15, 0.2) is 36.4 Å². The van der Waals surface area contributed by atoms with E-state index in [-0.39, 0.29) is 20.9 Å². The van der Waals surface area contributed by atoms with Crippen LogP contribution >= 0.6 is 0 Å². The third-order valence-corrected chi connectivity index (χ3v) is 4.21. The van der Waals surface area contributed by atoms with E-state index < -0.39 is 0 Å². The van der Waals surface area contributed by atoms with Crippen molar-refractivity contribution in [1.82, 2.24) is 7.96 Å². The fourth-order valence-electron chi connectivity index (χ4n) is 1.88. The molecule has 1 heterocycles. The Bertz CT molecular complexity index is 797. The number of nitrogens with two attached hydrogens (primary N) is 1. The first-order valence-corrected chi connectivity index (χ1v) is 7.57. The van der Waals surface area contributed by atoms with Crippen molar-refractivity contribution < 1.29 is 4.79 Å². The summed E-state index contributed by atoms with van der Waals surface area (Å²) in [6.45, 7) is 1.91. The van der Waals surface area contributed by atoms with Crippen molar-refractivity contribution in [3.8, 4) is 0 Å². The number of anilines is 2. The van der Waals surface area contributed by atoms with E-state index in [4.69, 9.17) is 5.73 Å². The van der Waals surface area contributed by atoms with E-state index in [1.807, 2.05) is 31.2 Å². The summed E-state index contributed by atoms with van der Waals surface area (Å²) in [6, 6.07) is 10.9. The van der Waals surface area contributed by atoms with Gasteiger partial charge in [-0.3, -0.25) is 0 Å². The summed E-state index contributed by atoms with van der Waals surface area (Å²) < 4.78 is 8.62. The molecule has 0 aliphatic carbocycles. The number of hydrogen-bond acceptors (Lipinski definition) is 4. The Labute approximate surface area is 122 Å². The van der Waals surface area contributed by atoms with E-state index in [9.17, 15) is 4.79 Å². The summed E-state index contributed by atoms with van der Waals surface area (Å²) in [4.78, 5) is 12.2. The number of carbonyl (C=O) groups excluding carboxylic acids is 1. The number of nitrogens with zero attached hydrogens (tertiary/aromatic N) is 2. The van der Waals surface area contributed by atoms with E-state index in [0.29, 0.717) is 16.9 Å². The average molecular weight is 331 g/mol. The van der Waals surface area contributed by atoms with Crippen molar-refractivity contribution in [2.24, 2.45) is 0 Å². The van der Waals surface area contributed by atoms with Crippen molar-refractivity contribution >= 4 is 43.3 Å². The molecule has 0 atom stereocenters. The molecule has 0 saturated heterocycles. The topological polar surface area (TPSA) is 80.9 Å². The third kappa shape index (κ3) is 2.31. The molecule has 2 aromatic carbocycles. The SMILES string of the molecule is Cc1ccc(C(=O)Nc2cccc3n[se]nc23)cc1N. The van der Waals surface area contributed by atoms with Crippen LogP contribution in [0.3, 0.4) is 0 Å². The first kappa shape index (κ1) is 12.8. The standard InChI is InChI=1S/C14H12N4OSe/c1-8-5-6-9(7-10(8)15)14(19)16-11-3-2-4-12-13(11)18-20-17-12/h2-7H,15H2,1H3,(H,16,19). The predicted molar refractivity (Wildman–Crippen MR) is 80.0 cm³/mol. The van der Waals surface area contributed by atoms with Gasteiger partial charge >= 0.3 is 122 Å². The normalized spacial score (nSPS) is 10.7. The van der Waals surface area contributed by atoms with Gasteiger partial charge in [0.1, 0.15) is 0 Å². The van der Waals surface area contributed by atoms with Crippen molar-refractivity contribution in [2.75, 3.05) is 11.1 Å². The number of fused-ring (bicyclic) bond motifs is 1. The molecule has 1 amide bonds. The minimum atomic E-state index is -0.195. The molecule has 100 valence electrons. The van der Waals surface area contributed by atoms with E-state index in [2.05, 4.69) is 13.3 Å². The maximum absolute atomic E-state index is 12.2. The van der Waals surface area contributed by atoms with Crippen LogP contribution in [0.2, 0.25) is 0 Å². The molecule has 5 nitrogen and oxygen atoms in total. The molecule has 0 radical (unpaired) electrons. The predicted octanol–water partition coefficient (Wildman–Crippen LogP) is 1.83. The van der Waals surface area contributed by atoms with Crippen LogP contribution in [0.5, 0.6) is 0 Å². The fraction of sp³-hybridized carbons (Fsp3) is 0.0714. The molecule has 20 heavy (non-hydrogen) atoms. The molecular formula is C14H12N4OSe. The Morgan fingerprint density at radius 2 is 2.10 bits per heavy atom. The van der Waals surface area contributed by atoms with Gasteiger partial charge in [0.15, 0.2) is 0 Å². The Balaban J connectivity index is 1.92. The molecule has 1 aromatic heterocycles. The number of hydrogen-bond donors (Lipinski definition) is 2. The molecule has 0 aliphatic rings. The molecule has 6 heteroatoms. The molecule has 0 unspecified atom stereocenters. The Kier molecular flexibility index (Phi) is 3.26. The number of aromatic nitrogens is 2. The van der Waals surface area contributed by atoms with Gasteiger partial charge in [-0.05, 0) is 0 Å². The van der Waals surface area contributed by atoms with Gasteiger partial charge in [-0.2, -0.15) is 0 Å². The molecule has 3 rings (SSSR count). The first-order valence-electron chi connectivity index (χ1n) is 6.04. The third-order valence-electron chi connectivity index (χ3n) is 3.08. The summed E-state index contributed by atoms with van der Waals surface area (Å²) in [5, 5.41) is 2.87. The van der Waals surface area contributed by atoms with Crippen LogP contribution in [-0.4, -0.2) is 28.8 Å². The quantitative estimate of drug-likeness (QED) is 0.554. The van der Waals surface area contributed by atoms with Crippen LogP contribution in [-0.2, 0) is 0 Å². The number of carbonyl (C=O) groups is 1. The number of nitrogens with one attached hydrogen (secondary N) is 1. The summed E-state index contributed by atoms with van der Waals surface area (Å²) in [5.41, 5.74) is 10.2. The van der Waals surface area contributed by atoms with E-state index in [1.54, 1.807) is 12.1 Å². The van der Waals surface area contributed by atoms with Gasteiger partial charge in [-0.15, -0.1) is 0 Å². The zero-order valence-electron chi connectivity index (χ0n) is 10.8. The maximum atomic E-state index is 12.2. The molecule has 0 spiro atoms. The first-order chi connectivity index (χ1) is 9.65.